The Bertz CT molecular complexity index is 2560. The lowest BCUT2D eigenvalue weighted by Crippen LogP contribution is -2.08. The van der Waals surface area contributed by atoms with Gasteiger partial charge >= 0.3 is 0 Å². The van der Waals surface area contributed by atoms with Crippen LogP contribution in [0, 0.1) is 0 Å². The highest BCUT2D eigenvalue weighted by Crippen LogP contribution is 2.39. The van der Waals surface area contributed by atoms with Crippen LogP contribution in [0.25, 0.3) is 71.3 Å². The zero-order chi connectivity index (χ0) is 31.3. The van der Waals surface area contributed by atoms with Gasteiger partial charge in [-0.3, -0.25) is 0 Å². The number of benzene rings is 8. The van der Waals surface area contributed by atoms with Crippen molar-refractivity contribution in [2.75, 3.05) is 11.9 Å². The molecule has 0 N–H and O–H groups in total. The van der Waals surface area contributed by atoms with Crippen molar-refractivity contribution >= 4 is 54.7 Å². The number of rotatable bonds is 5. The molecule has 0 bridgehead atoms. The summed E-state index contributed by atoms with van der Waals surface area (Å²) < 4.78 is 2.43. The van der Waals surface area contributed by atoms with Crippen LogP contribution in [0.1, 0.15) is 0 Å². The van der Waals surface area contributed by atoms with Gasteiger partial charge in [0.25, 0.3) is 0 Å². The standard InChI is InChI=1S/C45H32N2/c1-46(38-12-3-2-4-13-38)39-24-19-33(20-25-39)32-15-17-34(18-16-32)37-23-27-43-42(30-37)45-41-14-8-7-10-35(41)22-28-44(45)47(43)40-26-21-31-9-5-6-11-36(31)29-40/h2-30H,1H3. The zero-order valence-electron chi connectivity index (χ0n) is 26.1. The molecule has 9 rings (SSSR count). The van der Waals surface area contributed by atoms with E-state index in [-0.39, 0.29) is 0 Å². The molecule has 0 saturated carbocycles. The minimum atomic E-state index is 1.17. The lowest BCUT2D eigenvalue weighted by atomic mass is 9.98. The van der Waals surface area contributed by atoms with Crippen LogP contribution in [-0.4, -0.2) is 11.6 Å². The van der Waals surface area contributed by atoms with Gasteiger partial charge in [0, 0.05) is 34.9 Å². The van der Waals surface area contributed by atoms with Crippen molar-refractivity contribution in [3.8, 4) is 27.9 Å². The van der Waals surface area contributed by atoms with Crippen molar-refractivity contribution in [2.45, 2.75) is 0 Å². The molecule has 0 aliphatic heterocycles. The summed E-state index contributed by atoms with van der Waals surface area (Å²) in [7, 11) is 2.11. The van der Waals surface area contributed by atoms with Gasteiger partial charge in [-0.1, -0.05) is 121 Å². The van der Waals surface area contributed by atoms with Gasteiger partial charge in [0.1, 0.15) is 0 Å². The molecule has 47 heavy (non-hydrogen) atoms. The molecular weight excluding hydrogens is 569 g/mol. The van der Waals surface area contributed by atoms with E-state index in [2.05, 4.69) is 192 Å². The second-order valence-corrected chi connectivity index (χ2v) is 12.3. The molecule has 0 fully saturated rings. The van der Waals surface area contributed by atoms with Crippen molar-refractivity contribution in [2.24, 2.45) is 0 Å². The van der Waals surface area contributed by atoms with Gasteiger partial charge in [0.15, 0.2) is 0 Å². The van der Waals surface area contributed by atoms with Crippen LogP contribution in [-0.2, 0) is 0 Å². The van der Waals surface area contributed by atoms with Gasteiger partial charge in [-0.25, -0.2) is 0 Å². The van der Waals surface area contributed by atoms with Gasteiger partial charge in [-0.05, 0) is 98.4 Å². The first-order valence-electron chi connectivity index (χ1n) is 16.2. The number of fused-ring (bicyclic) bond motifs is 6. The first-order valence-corrected chi connectivity index (χ1v) is 16.2. The molecule has 1 aromatic heterocycles. The molecular formula is C45H32N2. The Morgan fingerprint density at radius 1 is 0.383 bits per heavy atom. The van der Waals surface area contributed by atoms with Crippen LogP contribution >= 0.6 is 0 Å². The van der Waals surface area contributed by atoms with E-state index in [1.807, 2.05) is 0 Å². The number of hydrogen-bond donors (Lipinski definition) is 0. The fourth-order valence-corrected chi connectivity index (χ4v) is 7.10. The largest absolute Gasteiger partial charge is 0.345 e. The molecule has 222 valence electrons. The van der Waals surface area contributed by atoms with Crippen LogP contribution in [0.2, 0.25) is 0 Å². The fraction of sp³-hybridized carbons (Fsp3) is 0.0222. The van der Waals surface area contributed by atoms with Gasteiger partial charge < -0.3 is 9.47 Å². The lowest BCUT2D eigenvalue weighted by Gasteiger charge is -2.19. The molecule has 0 amide bonds. The Morgan fingerprint density at radius 3 is 1.70 bits per heavy atom. The quantitative estimate of drug-likeness (QED) is 0.191. The minimum Gasteiger partial charge on any atom is -0.345 e. The van der Waals surface area contributed by atoms with Crippen LogP contribution in [0.5, 0.6) is 0 Å². The van der Waals surface area contributed by atoms with Gasteiger partial charge in [-0.15, -0.1) is 0 Å². The summed E-state index contributed by atoms with van der Waals surface area (Å²) in [6.45, 7) is 0. The van der Waals surface area contributed by atoms with Crippen LogP contribution in [0.15, 0.2) is 176 Å². The molecule has 2 heteroatoms. The predicted molar refractivity (Wildman–Crippen MR) is 201 cm³/mol. The summed E-state index contributed by atoms with van der Waals surface area (Å²) >= 11 is 0. The van der Waals surface area contributed by atoms with Crippen molar-refractivity contribution in [1.29, 1.82) is 0 Å². The Labute approximate surface area is 274 Å². The van der Waals surface area contributed by atoms with Gasteiger partial charge in [0.2, 0.25) is 0 Å². The first-order chi connectivity index (χ1) is 23.2. The molecule has 0 atom stereocenters. The Kier molecular flexibility index (Phi) is 6.39. The summed E-state index contributed by atoms with van der Waals surface area (Å²) in [6, 6.07) is 63.8. The molecule has 8 aromatic carbocycles. The van der Waals surface area contributed by atoms with Crippen molar-refractivity contribution in [1.82, 2.24) is 4.57 Å². The SMILES string of the molecule is CN(c1ccccc1)c1ccc(-c2ccc(-c3ccc4c(c3)c3c5ccccc5ccc3n4-c3ccc4ccccc4c3)cc2)cc1. The fourth-order valence-electron chi connectivity index (χ4n) is 7.10. The average molecular weight is 601 g/mol. The molecule has 0 aliphatic carbocycles. The Hall–Kier alpha value is -6.12. The highest BCUT2D eigenvalue weighted by Gasteiger charge is 2.16. The number of hydrogen-bond acceptors (Lipinski definition) is 1. The molecule has 0 saturated heterocycles. The summed E-state index contributed by atoms with van der Waals surface area (Å²) in [5.41, 5.74) is 10.8. The lowest BCUT2D eigenvalue weighted by molar-refractivity contribution is 1.19. The second kappa shape index (κ2) is 11.0. The third-order valence-electron chi connectivity index (χ3n) is 9.60. The van der Waals surface area contributed by atoms with Gasteiger partial charge in [0.05, 0.1) is 11.0 Å². The maximum Gasteiger partial charge on any atom is 0.0547 e. The molecule has 2 nitrogen and oxygen atoms in total. The maximum atomic E-state index is 2.43. The molecule has 9 aromatic rings. The van der Waals surface area contributed by atoms with Gasteiger partial charge in [-0.2, -0.15) is 0 Å². The summed E-state index contributed by atoms with van der Waals surface area (Å²) in [5, 5.41) is 7.60. The maximum absolute atomic E-state index is 2.43. The first kappa shape index (κ1) is 27.2. The third-order valence-corrected chi connectivity index (χ3v) is 9.60. The predicted octanol–water partition coefficient (Wildman–Crippen LogP) is 12.2. The topological polar surface area (TPSA) is 8.17 Å². The van der Waals surface area contributed by atoms with Crippen molar-refractivity contribution < 1.29 is 0 Å². The zero-order valence-corrected chi connectivity index (χ0v) is 26.1. The molecule has 0 radical (unpaired) electrons. The molecule has 1 heterocycles. The monoisotopic (exact) mass is 600 g/mol. The van der Waals surface area contributed by atoms with Crippen LogP contribution in [0.3, 0.4) is 0 Å². The molecule has 0 spiro atoms. The normalized spacial score (nSPS) is 11.5. The van der Waals surface area contributed by atoms with E-state index in [4.69, 9.17) is 0 Å². The molecule has 0 aliphatic rings. The third kappa shape index (κ3) is 4.65. The van der Waals surface area contributed by atoms with E-state index < -0.39 is 0 Å². The summed E-state index contributed by atoms with van der Waals surface area (Å²) in [5.74, 6) is 0. The van der Waals surface area contributed by atoms with E-state index in [1.165, 1.54) is 82.7 Å². The van der Waals surface area contributed by atoms with E-state index in [0.717, 1.165) is 0 Å². The van der Waals surface area contributed by atoms with Crippen molar-refractivity contribution in [3.63, 3.8) is 0 Å². The Balaban J connectivity index is 1.12. The van der Waals surface area contributed by atoms with E-state index in [1.54, 1.807) is 0 Å². The number of para-hydroxylation sites is 1. The average Bonchev–Trinajstić information content (AvgIpc) is 3.49. The smallest absolute Gasteiger partial charge is 0.0547 e. The highest BCUT2D eigenvalue weighted by atomic mass is 15.1. The second-order valence-electron chi connectivity index (χ2n) is 12.3. The van der Waals surface area contributed by atoms with Crippen LogP contribution < -0.4 is 4.90 Å². The van der Waals surface area contributed by atoms with E-state index in [0.29, 0.717) is 0 Å². The summed E-state index contributed by atoms with van der Waals surface area (Å²) in [6.07, 6.45) is 0. The highest BCUT2D eigenvalue weighted by molar-refractivity contribution is 6.22. The van der Waals surface area contributed by atoms with Crippen molar-refractivity contribution in [3.05, 3.63) is 176 Å². The number of anilines is 2. The molecule has 0 unspecified atom stereocenters. The Morgan fingerprint density at radius 2 is 0.936 bits per heavy atom. The minimum absolute atomic E-state index is 1.17. The summed E-state index contributed by atoms with van der Waals surface area (Å²) in [4.78, 5) is 2.21. The number of aromatic nitrogens is 1. The van der Waals surface area contributed by atoms with Crippen LogP contribution in [0.4, 0.5) is 11.4 Å². The van der Waals surface area contributed by atoms with E-state index >= 15 is 0 Å². The number of nitrogens with zero attached hydrogens (tertiary/aromatic N) is 2. The van der Waals surface area contributed by atoms with E-state index in [9.17, 15) is 0 Å².